The van der Waals surface area contributed by atoms with Crippen molar-refractivity contribution in [3.8, 4) is 28.0 Å². The molecule has 4 aromatic rings. The van der Waals surface area contributed by atoms with Gasteiger partial charge in [-0.1, -0.05) is 66.7 Å². The molecule has 0 fully saturated rings. The zero-order valence-corrected chi connectivity index (χ0v) is 18.3. The first-order valence-corrected chi connectivity index (χ1v) is 11.1. The Bertz CT molecular complexity index is 1330. The lowest BCUT2D eigenvalue weighted by molar-refractivity contribution is 0.0508. The van der Waals surface area contributed by atoms with E-state index in [2.05, 4.69) is 36.4 Å². The summed E-state index contributed by atoms with van der Waals surface area (Å²) < 4.78 is 19.8. The van der Waals surface area contributed by atoms with Gasteiger partial charge < -0.3 is 14.9 Å². The molecule has 0 aromatic heterocycles. The van der Waals surface area contributed by atoms with Crippen molar-refractivity contribution in [1.82, 2.24) is 0 Å². The van der Waals surface area contributed by atoms with E-state index in [0.29, 0.717) is 29.9 Å². The zero-order valence-electron chi connectivity index (χ0n) is 18.3. The molecule has 0 amide bonds. The lowest BCUT2D eigenvalue weighted by Gasteiger charge is -2.31. The van der Waals surface area contributed by atoms with Gasteiger partial charge in [-0.15, -0.1) is 0 Å². The minimum Gasteiger partial charge on any atom is -0.493 e. The van der Waals surface area contributed by atoms with Crippen molar-refractivity contribution in [3.05, 3.63) is 114 Å². The molecular formula is C29H23FO4. The smallest absolute Gasteiger partial charge is 0.336 e. The van der Waals surface area contributed by atoms with Crippen LogP contribution < -0.4 is 4.74 Å². The molecule has 5 rings (SSSR count). The average Bonchev–Trinajstić information content (AvgIpc) is 2.86. The fourth-order valence-corrected chi connectivity index (χ4v) is 4.49. The summed E-state index contributed by atoms with van der Waals surface area (Å²) >= 11 is 0. The number of halogens is 1. The van der Waals surface area contributed by atoms with E-state index in [0.717, 1.165) is 22.8 Å². The highest BCUT2D eigenvalue weighted by Gasteiger charge is 2.30. The Morgan fingerprint density at radius 3 is 2.32 bits per heavy atom. The summed E-state index contributed by atoms with van der Waals surface area (Å²) in [4.78, 5) is 11.6. The second-order valence-electron chi connectivity index (χ2n) is 8.53. The number of carboxylic acid groups (broad SMARTS) is 1. The van der Waals surface area contributed by atoms with Gasteiger partial charge in [0.05, 0.1) is 18.3 Å². The van der Waals surface area contributed by atoms with Gasteiger partial charge in [0, 0.05) is 11.5 Å². The van der Waals surface area contributed by atoms with Crippen LogP contribution in [-0.2, 0) is 6.42 Å². The number of aliphatic hydroxyl groups excluding tert-OH is 1. The molecule has 4 aromatic carbocycles. The molecule has 1 heterocycles. The summed E-state index contributed by atoms with van der Waals surface area (Å²) in [6.07, 6.45) is -0.0668. The number of aromatic carboxylic acids is 1. The Balaban J connectivity index is 1.36. The lowest BCUT2D eigenvalue weighted by Crippen LogP contribution is -2.27. The first-order valence-electron chi connectivity index (χ1n) is 11.1. The fourth-order valence-electron chi connectivity index (χ4n) is 4.49. The molecule has 4 nitrogen and oxygen atoms in total. The molecule has 0 saturated heterocycles. The number of hydrogen-bond donors (Lipinski definition) is 2. The Kier molecular flexibility index (Phi) is 5.86. The number of benzene rings is 4. The molecule has 0 radical (unpaired) electrons. The second-order valence-corrected chi connectivity index (χ2v) is 8.53. The third-order valence-electron chi connectivity index (χ3n) is 6.31. The normalized spacial score (nSPS) is 17.0. The van der Waals surface area contributed by atoms with Crippen molar-refractivity contribution in [1.29, 1.82) is 0 Å². The van der Waals surface area contributed by atoms with Crippen molar-refractivity contribution >= 4 is 5.97 Å². The predicted octanol–water partition coefficient (Wildman–Crippen LogP) is 6.14. The molecule has 170 valence electrons. The van der Waals surface area contributed by atoms with Crippen LogP contribution in [0.3, 0.4) is 0 Å². The monoisotopic (exact) mass is 454 g/mol. The Morgan fingerprint density at radius 2 is 1.59 bits per heavy atom. The second kappa shape index (κ2) is 9.12. The van der Waals surface area contributed by atoms with Crippen LogP contribution in [-0.4, -0.2) is 22.8 Å². The predicted molar refractivity (Wildman–Crippen MR) is 128 cm³/mol. The molecule has 0 bridgehead atoms. The highest BCUT2D eigenvalue weighted by Crippen LogP contribution is 2.40. The van der Waals surface area contributed by atoms with Gasteiger partial charge in [-0.25, -0.2) is 9.18 Å². The number of carboxylic acids is 1. The van der Waals surface area contributed by atoms with Gasteiger partial charge in [0.15, 0.2) is 0 Å². The lowest BCUT2D eigenvalue weighted by atomic mass is 9.86. The van der Waals surface area contributed by atoms with E-state index in [1.54, 1.807) is 18.2 Å². The molecule has 1 aliphatic heterocycles. The first-order chi connectivity index (χ1) is 16.5. The molecule has 2 atom stereocenters. The van der Waals surface area contributed by atoms with Crippen LogP contribution in [0.5, 0.6) is 5.75 Å². The Hall–Kier alpha value is -3.96. The van der Waals surface area contributed by atoms with Crippen LogP contribution in [0.4, 0.5) is 4.39 Å². The molecule has 0 unspecified atom stereocenters. The number of fused-ring (bicyclic) bond motifs is 1. The Labute approximate surface area is 196 Å². The van der Waals surface area contributed by atoms with Gasteiger partial charge in [0.1, 0.15) is 11.6 Å². The van der Waals surface area contributed by atoms with Crippen LogP contribution in [0.2, 0.25) is 0 Å². The maximum atomic E-state index is 13.8. The quantitative estimate of drug-likeness (QED) is 0.380. The summed E-state index contributed by atoms with van der Waals surface area (Å²) in [5.41, 5.74) is 4.86. The van der Waals surface area contributed by atoms with Gasteiger partial charge in [-0.2, -0.15) is 0 Å². The van der Waals surface area contributed by atoms with Crippen LogP contribution >= 0.6 is 0 Å². The van der Waals surface area contributed by atoms with Crippen molar-refractivity contribution in [2.24, 2.45) is 5.92 Å². The highest BCUT2D eigenvalue weighted by molar-refractivity contribution is 5.96. The molecule has 1 aliphatic rings. The van der Waals surface area contributed by atoms with Gasteiger partial charge >= 0.3 is 5.97 Å². The van der Waals surface area contributed by atoms with Crippen molar-refractivity contribution < 1.29 is 24.1 Å². The zero-order chi connectivity index (χ0) is 23.7. The summed E-state index contributed by atoms with van der Waals surface area (Å²) in [7, 11) is 0. The minimum atomic E-state index is -1.13. The van der Waals surface area contributed by atoms with Crippen LogP contribution in [0, 0.1) is 11.7 Å². The van der Waals surface area contributed by atoms with Gasteiger partial charge in [0.2, 0.25) is 0 Å². The van der Waals surface area contributed by atoms with Crippen LogP contribution in [0.15, 0.2) is 91.0 Å². The third-order valence-corrected chi connectivity index (χ3v) is 6.31. The molecule has 0 aliphatic carbocycles. The third kappa shape index (κ3) is 4.30. The first kappa shape index (κ1) is 21.9. The van der Waals surface area contributed by atoms with E-state index in [1.165, 1.54) is 12.1 Å². The maximum absolute atomic E-state index is 13.8. The summed E-state index contributed by atoms with van der Waals surface area (Å²) in [6, 6.07) is 27.2. The van der Waals surface area contributed by atoms with Crippen molar-refractivity contribution in [2.45, 2.75) is 12.5 Å². The summed E-state index contributed by atoms with van der Waals surface area (Å²) in [5.74, 6) is -1.28. The van der Waals surface area contributed by atoms with E-state index >= 15 is 0 Å². The molecule has 5 heteroatoms. The summed E-state index contributed by atoms with van der Waals surface area (Å²) in [6.45, 7) is 0.326. The van der Waals surface area contributed by atoms with E-state index in [9.17, 15) is 19.4 Å². The number of carbonyl (C=O) groups is 1. The van der Waals surface area contributed by atoms with Crippen LogP contribution in [0.25, 0.3) is 22.3 Å². The number of hydrogen-bond acceptors (Lipinski definition) is 3. The minimum absolute atomic E-state index is 0.00883. The number of rotatable bonds is 5. The van der Waals surface area contributed by atoms with Gasteiger partial charge in [-0.3, -0.25) is 0 Å². The van der Waals surface area contributed by atoms with Crippen LogP contribution in [0.1, 0.15) is 27.6 Å². The SMILES string of the molecule is O=C(O)c1ccc(F)cc1-c1ccc2c(c1)OC[C@H](Cc1ccc(-c3ccccc3)cc1)[C@H]2O. The van der Waals surface area contributed by atoms with E-state index in [-0.39, 0.29) is 17.0 Å². The van der Waals surface area contributed by atoms with E-state index in [4.69, 9.17) is 4.74 Å². The molecule has 34 heavy (non-hydrogen) atoms. The van der Waals surface area contributed by atoms with Gasteiger partial charge in [-0.05, 0) is 58.5 Å². The van der Waals surface area contributed by atoms with Crippen molar-refractivity contribution in [2.75, 3.05) is 6.61 Å². The Morgan fingerprint density at radius 1 is 0.882 bits per heavy atom. The highest BCUT2D eigenvalue weighted by atomic mass is 19.1. The number of ether oxygens (including phenoxy) is 1. The molecule has 0 spiro atoms. The average molecular weight is 454 g/mol. The number of aliphatic hydroxyl groups is 1. The standard InChI is InChI=1S/C29H23FO4/c30-23-11-13-24(29(32)33)26(16-23)21-10-12-25-27(15-21)34-17-22(28(25)31)14-18-6-8-20(9-7-18)19-4-2-1-3-5-19/h1-13,15-16,22,28,31H,14,17H2,(H,32,33)/t22-,28+/m0/s1. The topological polar surface area (TPSA) is 66.8 Å². The van der Waals surface area contributed by atoms with Gasteiger partial charge in [0.25, 0.3) is 0 Å². The molecular weight excluding hydrogens is 431 g/mol. The summed E-state index contributed by atoms with van der Waals surface area (Å²) in [5, 5.41) is 20.5. The van der Waals surface area contributed by atoms with E-state index < -0.39 is 17.9 Å². The van der Waals surface area contributed by atoms with E-state index in [1.807, 2.05) is 18.2 Å². The van der Waals surface area contributed by atoms with Crippen molar-refractivity contribution in [3.63, 3.8) is 0 Å². The fraction of sp³-hybridized carbons (Fsp3) is 0.138. The largest absolute Gasteiger partial charge is 0.493 e. The maximum Gasteiger partial charge on any atom is 0.336 e. The molecule has 0 saturated carbocycles. The molecule has 2 N–H and O–H groups in total.